The summed E-state index contributed by atoms with van der Waals surface area (Å²) in [5, 5.41) is -0.0669. The van der Waals surface area contributed by atoms with Gasteiger partial charge in [0.05, 0.1) is 22.3 Å². The summed E-state index contributed by atoms with van der Waals surface area (Å²) in [5.74, 6) is -6.65. The molecule has 0 fully saturated rings. The fourth-order valence-corrected chi connectivity index (χ4v) is 5.62. The first-order valence-corrected chi connectivity index (χ1v) is 15.1. The lowest BCUT2D eigenvalue weighted by molar-refractivity contribution is -0.117. The van der Waals surface area contributed by atoms with Gasteiger partial charge in [-0.25, -0.2) is 26.3 Å². The molecule has 0 radical (unpaired) electrons. The number of ketones is 1. The van der Waals surface area contributed by atoms with E-state index in [1.807, 2.05) is 60.7 Å². The van der Waals surface area contributed by atoms with Gasteiger partial charge in [-0.3, -0.25) is 9.59 Å². The number of aromatic nitrogens is 1. The molecule has 4 aromatic carbocycles. The van der Waals surface area contributed by atoms with Gasteiger partial charge in [-0.15, -0.1) is 0 Å². The van der Waals surface area contributed by atoms with E-state index in [9.17, 15) is 35.9 Å². The molecule has 6 rings (SSSR count). The Morgan fingerprint density at radius 3 is 1.71 bits per heavy atom. The molecule has 0 amide bonds. The first kappa shape index (κ1) is 34.5. The van der Waals surface area contributed by atoms with Crippen molar-refractivity contribution in [1.82, 2.24) is 9.47 Å². The molecule has 48 heavy (non-hydrogen) atoms. The van der Waals surface area contributed by atoms with Crippen LogP contribution in [0.15, 0.2) is 113 Å². The molecule has 0 saturated carbocycles. The molecule has 0 N–H and O–H groups in total. The van der Waals surface area contributed by atoms with E-state index in [0.717, 1.165) is 17.2 Å². The number of nitrogens with zero attached hydrogens (tertiary/aromatic N) is 2. The van der Waals surface area contributed by atoms with Crippen molar-refractivity contribution >= 4 is 29.0 Å². The smallest absolute Gasteiger partial charge is 0.200 e. The summed E-state index contributed by atoms with van der Waals surface area (Å²) in [6.07, 6.45) is 2.52. The zero-order chi connectivity index (χ0) is 34.5. The standard InChI is InChI=1S/C18H13ClF3NO.C18H11ClF3NO/c2*19-13-10-23(9-11-4-2-1-3-5-11)16(8-17(13)24)18-14(21)6-12(20)7-15(18)22/h1-7,10,16H,8-9H2;1-8,10H,9H2. The van der Waals surface area contributed by atoms with Gasteiger partial charge in [0.1, 0.15) is 39.9 Å². The van der Waals surface area contributed by atoms with E-state index in [2.05, 4.69) is 0 Å². The number of allylic oxidation sites excluding steroid dienone is 1. The lowest BCUT2D eigenvalue weighted by Gasteiger charge is -2.34. The van der Waals surface area contributed by atoms with Crippen LogP contribution in [0, 0.1) is 34.9 Å². The Morgan fingerprint density at radius 1 is 0.667 bits per heavy atom. The Hall–Kier alpha value is -4.80. The van der Waals surface area contributed by atoms with Gasteiger partial charge in [0.2, 0.25) is 5.43 Å². The average molecular weight is 701 g/mol. The van der Waals surface area contributed by atoms with Crippen molar-refractivity contribution in [1.29, 1.82) is 0 Å². The molecule has 0 saturated heterocycles. The third-order valence-electron chi connectivity index (χ3n) is 7.45. The minimum atomic E-state index is -1.09. The van der Waals surface area contributed by atoms with Crippen LogP contribution in [-0.2, 0) is 17.9 Å². The Labute approximate surface area is 281 Å². The first-order chi connectivity index (χ1) is 22.9. The lowest BCUT2D eigenvalue weighted by atomic mass is 9.95. The highest BCUT2D eigenvalue weighted by Gasteiger charge is 2.32. The zero-order valence-corrected chi connectivity index (χ0v) is 26.3. The molecule has 0 bridgehead atoms. The molecule has 1 atom stereocenters. The van der Waals surface area contributed by atoms with Gasteiger partial charge in [0, 0.05) is 67.8 Å². The number of pyridine rings is 1. The summed E-state index contributed by atoms with van der Waals surface area (Å²) in [7, 11) is 0. The third kappa shape index (κ3) is 8.00. The Balaban J connectivity index is 0.000000188. The van der Waals surface area contributed by atoms with Crippen molar-refractivity contribution in [2.45, 2.75) is 25.6 Å². The third-order valence-corrected chi connectivity index (χ3v) is 8.04. The van der Waals surface area contributed by atoms with Crippen molar-refractivity contribution in [2.75, 3.05) is 0 Å². The predicted octanol–water partition coefficient (Wildman–Crippen LogP) is 9.33. The largest absolute Gasteiger partial charge is 0.364 e. The summed E-state index contributed by atoms with van der Waals surface area (Å²) < 4.78 is 84.3. The summed E-state index contributed by atoms with van der Waals surface area (Å²) in [6.45, 7) is 0.553. The maximum atomic E-state index is 14.2. The quantitative estimate of drug-likeness (QED) is 0.166. The number of rotatable bonds is 6. The van der Waals surface area contributed by atoms with E-state index in [1.54, 1.807) is 4.90 Å². The van der Waals surface area contributed by atoms with Crippen LogP contribution >= 0.6 is 23.2 Å². The molecular formula is C36H24Cl2F6N2O2. The van der Waals surface area contributed by atoms with Crippen LogP contribution in [0.3, 0.4) is 0 Å². The highest BCUT2D eigenvalue weighted by Crippen LogP contribution is 2.36. The average Bonchev–Trinajstić information content (AvgIpc) is 3.02. The van der Waals surface area contributed by atoms with Gasteiger partial charge in [0.25, 0.3) is 0 Å². The van der Waals surface area contributed by atoms with Gasteiger partial charge in [-0.1, -0.05) is 83.9 Å². The van der Waals surface area contributed by atoms with Crippen molar-refractivity contribution in [3.05, 3.63) is 175 Å². The number of halogens is 8. The van der Waals surface area contributed by atoms with Crippen LogP contribution in [0.5, 0.6) is 0 Å². The number of carbonyl (C=O) groups is 1. The molecule has 1 aromatic heterocycles. The van der Waals surface area contributed by atoms with Gasteiger partial charge in [-0.05, 0) is 11.1 Å². The van der Waals surface area contributed by atoms with Crippen molar-refractivity contribution in [3.8, 4) is 11.3 Å². The number of hydrogen-bond donors (Lipinski definition) is 0. The van der Waals surface area contributed by atoms with E-state index in [0.29, 0.717) is 30.8 Å². The summed E-state index contributed by atoms with van der Waals surface area (Å²) >= 11 is 11.8. The zero-order valence-electron chi connectivity index (χ0n) is 24.7. The monoisotopic (exact) mass is 700 g/mol. The maximum absolute atomic E-state index is 14.2. The summed E-state index contributed by atoms with van der Waals surface area (Å²) in [6, 6.07) is 20.9. The molecule has 12 heteroatoms. The van der Waals surface area contributed by atoms with Gasteiger partial charge >= 0.3 is 0 Å². The van der Waals surface area contributed by atoms with Crippen molar-refractivity contribution in [2.24, 2.45) is 0 Å². The minimum absolute atomic E-state index is 0.00473. The molecule has 246 valence electrons. The first-order valence-electron chi connectivity index (χ1n) is 14.3. The van der Waals surface area contributed by atoms with Gasteiger partial charge in [-0.2, -0.15) is 0 Å². The highest BCUT2D eigenvalue weighted by atomic mass is 35.5. The molecule has 2 heterocycles. The lowest BCUT2D eigenvalue weighted by Crippen LogP contribution is -2.31. The molecule has 1 aliphatic rings. The molecule has 5 aromatic rings. The van der Waals surface area contributed by atoms with Crippen molar-refractivity contribution in [3.63, 3.8) is 0 Å². The second-order valence-electron chi connectivity index (χ2n) is 10.8. The Kier molecular flexibility index (Phi) is 10.8. The Morgan fingerprint density at radius 2 is 1.17 bits per heavy atom. The van der Waals surface area contributed by atoms with E-state index in [-0.39, 0.29) is 34.3 Å². The molecule has 4 nitrogen and oxygen atoms in total. The number of carbonyl (C=O) groups excluding carboxylic acids is 1. The van der Waals surface area contributed by atoms with Crippen LogP contribution in [0.2, 0.25) is 5.02 Å². The van der Waals surface area contributed by atoms with Crippen LogP contribution in [0.4, 0.5) is 26.3 Å². The molecule has 1 unspecified atom stereocenters. The highest BCUT2D eigenvalue weighted by molar-refractivity contribution is 6.42. The molecule has 0 aliphatic carbocycles. The Bertz CT molecular complexity index is 2010. The maximum Gasteiger partial charge on any atom is 0.200 e. The van der Waals surface area contributed by atoms with E-state index < -0.39 is 57.7 Å². The fourth-order valence-electron chi connectivity index (χ4n) is 5.25. The fraction of sp³-hybridized carbons (Fsp3) is 0.111. The summed E-state index contributed by atoms with van der Waals surface area (Å²) in [5.41, 5.74) is 0.353. The van der Waals surface area contributed by atoms with Gasteiger partial charge < -0.3 is 9.47 Å². The SMILES string of the molecule is O=C1CC(c2c(F)cc(F)cc2F)N(Cc2ccccc2)C=C1Cl.O=c1cc(-c2c(F)cc(F)cc2F)n(Cc2ccccc2)cc1Cl. The van der Waals surface area contributed by atoms with Crippen LogP contribution in [0.25, 0.3) is 11.3 Å². The minimum Gasteiger partial charge on any atom is -0.364 e. The van der Waals surface area contributed by atoms with Crippen LogP contribution < -0.4 is 5.43 Å². The number of hydrogen-bond acceptors (Lipinski definition) is 3. The second-order valence-corrected chi connectivity index (χ2v) is 11.6. The topological polar surface area (TPSA) is 42.3 Å². The van der Waals surface area contributed by atoms with Crippen molar-refractivity contribution < 1.29 is 31.1 Å². The van der Waals surface area contributed by atoms with Gasteiger partial charge in [0.15, 0.2) is 5.78 Å². The number of benzene rings is 4. The van der Waals surface area contributed by atoms with E-state index in [4.69, 9.17) is 23.2 Å². The molecule has 0 spiro atoms. The van der Waals surface area contributed by atoms with E-state index in [1.165, 1.54) is 17.0 Å². The van der Waals surface area contributed by atoms with E-state index >= 15 is 0 Å². The summed E-state index contributed by atoms with van der Waals surface area (Å²) in [4.78, 5) is 25.4. The van der Waals surface area contributed by atoms with Crippen LogP contribution in [0.1, 0.15) is 29.2 Å². The second kappa shape index (κ2) is 15.0. The number of Topliss-reactive ketones (excluding diaryl/α,β-unsaturated/α-hetero) is 1. The molecule has 1 aliphatic heterocycles. The van der Waals surface area contributed by atoms with Crippen LogP contribution in [-0.4, -0.2) is 15.3 Å². The predicted molar refractivity (Wildman–Crippen MR) is 171 cm³/mol. The normalized spacial score (nSPS) is 14.3. The molecular weight excluding hydrogens is 677 g/mol.